The third-order valence-electron chi connectivity index (χ3n) is 3.47. The van der Waals surface area contributed by atoms with E-state index in [1.165, 1.54) is 0 Å². The predicted octanol–water partition coefficient (Wildman–Crippen LogP) is 2.22. The molecule has 0 saturated heterocycles. The number of fused-ring (bicyclic) bond motifs is 1. The molecule has 1 aliphatic rings. The van der Waals surface area contributed by atoms with Gasteiger partial charge in [0.05, 0.1) is 18.6 Å². The fourth-order valence-electron chi connectivity index (χ4n) is 2.43. The zero-order valence-electron chi connectivity index (χ0n) is 12.0. The van der Waals surface area contributed by atoms with Crippen molar-refractivity contribution >= 4 is 0 Å². The first-order chi connectivity index (χ1) is 10.2. The molecule has 112 valence electrons. The second-order valence-electron chi connectivity index (χ2n) is 5.25. The zero-order chi connectivity index (χ0) is 14.7. The van der Waals surface area contributed by atoms with Crippen molar-refractivity contribution in [1.29, 1.82) is 0 Å². The number of hydrogen-bond acceptors (Lipinski definition) is 5. The van der Waals surface area contributed by atoms with Gasteiger partial charge in [-0.25, -0.2) is 0 Å². The fraction of sp³-hybridized carbons (Fsp3) is 0.375. The first-order valence-corrected chi connectivity index (χ1v) is 6.99. The third kappa shape index (κ3) is 3.37. The molecule has 0 bridgehead atoms. The Morgan fingerprint density at radius 3 is 2.76 bits per heavy atom. The number of ether oxygens (including phenoxy) is 2. The highest BCUT2D eigenvalue weighted by Crippen LogP contribution is 2.32. The van der Waals surface area contributed by atoms with Gasteiger partial charge in [0.2, 0.25) is 0 Å². The maximum absolute atomic E-state index is 10.4. The first kappa shape index (κ1) is 14.0. The maximum Gasteiger partial charge on any atom is 0.161 e. The summed E-state index contributed by atoms with van der Waals surface area (Å²) in [6, 6.07) is 7.50. The van der Waals surface area contributed by atoms with E-state index in [1.807, 2.05) is 36.2 Å². The number of aliphatic hydroxyl groups is 1. The van der Waals surface area contributed by atoms with Crippen LogP contribution >= 0.6 is 0 Å². The van der Waals surface area contributed by atoms with Crippen LogP contribution in [0.15, 0.2) is 41.2 Å². The lowest BCUT2D eigenvalue weighted by molar-refractivity contribution is 0.122. The minimum Gasteiger partial charge on any atom is -0.486 e. The molecule has 0 saturated carbocycles. The van der Waals surface area contributed by atoms with E-state index in [0.717, 1.165) is 23.4 Å². The van der Waals surface area contributed by atoms with E-state index in [9.17, 15) is 5.11 Å². The topological polar surface area (TPSA) is 55.1 Å². The van der Waals surface area contributed by atoms with Crippen LogP contribution < -0.4 is 9.47 Å². The molecule has 0 unspecified atom stereocenters. The molecule has 2 aromatic rings. The minimum absolute atomic E-state index is 0.533. The SMILES string of the molecule is CN(Cc1ccoc1)C[C@@H](O)c1ccc2c(c1)OCCO2. The van der Waals surface area contributed by atoms with Crippen LogP contribution in [0.3, 0.4) is 0 Å². The molecule has 0 aliphatic carbocycles. The molecule has 0 radical (unpaired) electrons. The van der Waals surface area contributed by atoms with Gasteiger partial charge in [-0.2, -0.15) is 0 Å². The molecule has 5 nitrogen and oxygen atoms in total. The summed E-state index contributed by atoms with van der Waals surface area (Å²) in [5.74, 6) is 1.44. The Morgan fingerprint density at radius 1 is 1.19 bits per heavy atom. The van der Waals surface area contributed by atoms with Crippen molar-refractivity contribution in [3.05, 3.63) is 47.9 Å². The summed E-state index contributed by atoms with van der Waals surface area (Å²) >= 11 is 0. The van der Waals surface area contributed by atoms with Crippen molar-refractivity contribution < 1.29 is 19.0 Å². The number of hydrogen-bond donors (Lipinski definition) is 1. The molecular weight excluding hydrogens is 270 g/mol. The van der Waals surface area contributed by atoms with Crippen LogP contribution in [0.1, 0.15) is 17.2 Å². The molecule has 0 fully saturated rings. The molecule has 21 heavy (non-hydrogen) atoms. The standard InChI is InChI=1S/C16H19NO4/c1-17(9-12-4-5-19-11-12)10-14(18)13-2-3-15-16(8-13)21-7-6-20-15/h2-5,8,11,14,18H,6-7,9-10H2,1H3/t14-/m1/s1. The molecule has 1 N–H and O–H groups in total. The number of nitrogens with zero attached hydrogens (tertiary/aromatic N) is 1. The van der Waals surface area contributed by atoms with Gasteiger partial charge in [0.1, 0.15) is 13.2 Å². The average Bonchev–Trinajstić information content (AvgIpc) is 2.99. The van der Waals surface area contributed by atoms with E-state index < -0.39 is 6.10 Å². The lowest BCUT2D eigenvalue weighted by Crippen LogP contribution is -2.24. The van der Waals surface area contributed by atoms with E-state index in [2.05, 4.69) is 0 Å². The molecule has 0 amide bonds. The van der Waals surface area contributed by atoms with Crippen molar-refractivity contribution in [3.8, 4) is 11.5 Å². The largest absolute Gasteiger partial charge is 0.486 e. The van der Waals surface area contributed by atoms with Crippen LogP contribution in [0.25, 0.3) is 0 Å². The Labute approximate surface area is 123 Å². The van der Waals surface area contributed by atoms with Crippen molar-refractivity contribution in [2.45, 2.75) is 12.6 Å². The molecule has 1 aliphatic heterocycles. The van der Waals surface area contributed by atoms with Crippen LogP contribution in [-0.4, -0.2) is 36.8 Å². The van der Waals surface area contributed by atoms with Gasteiger partial charge < -0.3 is 19.0 Å². The molecule has 1 aromatic carbocycles. The van der Waals surface area contributed by atoms with Gasteiger partial charge in [-0.1, -0.05) is 6.07 Å². The summed E-state index contributed by atoms with van der Waals surface area (Å²) in [6.07, 6.45) is 2.80. The van der Waals surface area contributed by atoms with E-state index >= 15 is 0 Å². The number of likely N-dealkylation sites (N-methyl/N-ethyl adjacent to an activating group) is 1. The molecular formula is C16H19NO4. The fourth-order valence-corrected chi connectivity index (χ4v) is 2.43. The Morgan fingerprint density at radius 2 is 2.00 bits per heavy atom. The van der Waals surface area contributed by atoms with Crippen LogP contribution in [-0.2, 0) is 6.54 Å². The minimum atomic E-state index is -0.572. The number of aliphatic hydroxyl groups excluding tert-OH is 1. The van der Waals surface area contributed by atoms with Crippen molar-refractivity contribution in [2.24, 2.45) is 0 Å². The van der Waals surface area contributed by atoms with Gasteiger partial charge >= 0.3 is 0 Å². The number of rotatable bonds is 5. The third-order valence-corrected chi connectivity index (χ3v) is 3.47. The summed E-state index contributed by atoms with van der Waals surface area (Å²) in [5, 5.41) is 10.4. The molecule has 1 aromatic heterocycles. The van der Waals surface area contributed by atoms with Crippen molar-refractivity contribution in [1.82, 2.24) is 4.90 Å². The summed E-state index contributed by atoms with van der Waals surface area (Å²) in [7, 11) is 1.97. The van der Waals surface area contributed by atoms with E-state index in [0.29, 0.717) is 25.5 Å². The predicted molar refractivity (Wildman–Crippen MR) is 77.4 cm³/mol. The average molecular weight is 289 g/mol. The summed E-state index contributed by atoms with van der Waals surface area (Å²) in [4.78, 5) is 2.05. The van der Waals surface area contributed by atoms with E-state index in [4.69, 9.17) is 13.9 Å². The number of benzene rings is 1. The van der Waals surface area contributed by atoms with Crippen LogP contribution in [0.2, 0.25) is 0 Å². The molecule has 1 atom stereocenters. The Balaban J connectivity index is 1.63. The Kier molecular flexibility index (Phi) is 4.13. The van der Waals surface area contributed by atoms with Gasteiger partial charge in [-0.15, -0.1) is 0 Å². The maximum atomic E-state index is 10.4. The lowest BCUT2D eigenvalue weighted by Gasteiger charge is -2.23. The van der Waals surface area contributed by atoms with Crippen molar-refractivity contribution in [3.63, 3.8) is 0 Å². The van der Waals surface area contributed by atoms with Crippen LogP contribution in [0, 0.1) is 0 Å². The summed E-state index contributed by atoms with van der Waals surface area (Å²) < 4.78 is 16.1. The smallest absolute Gasteiger partial charge is 0.161 e. The van der Waals surface area contributed by atoms with Crippen LogP contribution in [0.5, 0.6) is 11.5 Å². The number of furan rings is 1. The van der Waals surface area contributed by atoms with Gasteiger partial charge in [-0.3, -0.25) is 4.90 Å². The van der Waals surface area contributed by atoms with Gasteiger partial charge in [0, 0.05) is 18.7 Å². The Bertz CT molecular complexity index is 582. The monoisotopic (exact) mass is 289 g/mol. The summed E-state index contributed by atoms with van der Waals surface area (Å²) in [6.45, 7) is 2.39. The second-order valence-corrected chi connectivity index (χ2v) is 5.25. The molecule has 2 heterocycles. The second kappa shape index (κ2) is 6.20. The first-order valence-electron chi connectivity index (χ1n) is 6.99. The molecule has 5 heteroatoms. The summed E-state index contributed by atoms with van der Waals surface area (Å²) in [5.41, 5.74) is 1.92. The molecule has 0 spiro atoms. The van der Waals surface area contributed by atoms with E-state index in [1.54, 1.807) is 12.5 Å². The van der Waals surface area contributed by atoms with Gasteiger partial charge in [-0.05, 0) is 30.8 Å². The Hall–Kier alpha value is -1.98. The highest BCUT2D eigenvalue weighted by Gasteiger charge is 2.16. The normalized spacial score (nSPS) is 15.2. The quantitative estimate of drug-likeness (QED) is 0.914. The van der Waals surface area contributed by atoms with Crippen LogP contribution in [0.4, 0.5) is 0 Å². The highest BCUT2D eigenvalue weighted by atomic mass is 16.6. The highest BCUT2D eigenvalue weighted by molar-refractivity contribution is 5.44. The zero-order valence-corrected chi connectivity index (χ0v) is 12.0. The van der Waals surface area contributed by atoms with Gasteiger partial charge in [0.25, 0.3) is 0 Å². The van der Waals surface area contributed by atoms with Gasteiger partial charge in [0.15, 0.2) is 11.5 Å². The molecule has 3 rings (SSSR count). The lowest BCUT2D eigenvalue weighted by atomic mass is 10.1. The van der Waals surface area contributed by atoms with Crippen molar-refractivity contribution in [2.75, 3.05) is 26.8 Å². The van der Waals surface area contributed by atoms with E-state index in [-0.39, 0.29) is 0 Å².